The molecular formula is C11H19N3O2. The van der Waals surface area contributed by atoms with E-state index in [0.29, 0.717) is 0 Å². The van der Waals surface area contributed by atoms with E-state index in [2.05, 4.69) is 5.16 Å². The van der Waals surface area contributed by atoms with Crippen LogP contribution in [0.1, 0.15) is 38.5 Å². The van der Waals surface area contributed by atoms with Gasteiger partial charge in [0.15, 0.2) is 5.84 Å². The number of nitrogens with two attached hydrogens (primary N) is 1. The molecule has 0 spiro atoms. The molecule has 0 aromatic heterocycles. The van der Waals surface area contributed by atoms with Gasteiger partial charge in [-0.25, -0.2) is 0 Å². The van der Waals surface area contributed by atoms with Gasteiger partial charge in [-0.15, -0.1) is 0 Å². The zero-order valence-electron chi connectivity index (χ0n) is 9.48. The number of rotatable bonds is 2. The fourth-order valence-corrected chi connectivity index (χ4v) is 2.61. The van der Waals surface area contributed by atoms with Crippen molar-refractivity contribution in [3.63, 3.8) is 0 Å². The van der Waals surface area contributed by atoms with Crippen LogP contribution in [-0.4, -0.2) is 34.9 Å². The second kappa shape index (κ2) is 4.31. The molecule has 5 nitrogen and oxygen atoms in total. The molecule has 0 radical (unpaired) electrons. The highest BCUT2D eigenvalue weighted by Crippen LogP contribution is 2.43. The molecule has 0 unspecified atom stereocenters. The number of carbonyl (C=O) groups is 1. The molecule has 1 saturated heterocycles. The fourth-order valence-electron chi connectivity index (χ4n) is 2.61. The number of piperidine rings is 1. The normalized spacial score (nSPS) is 25.0. The van der Waals surface area contributed by atoms with Crippen LogP contribution in [0.4, 0.5) is 0 Å². The number of carbonyl (C=O) groups excluding carboxylic acids is 1. The number of oxime groups is 1. The summed E-state index contributed by atoms with van der Waals surface area (Å²) in [6.07, 6.45) is 5.75. The maximum Gasteiger partial charge on any atom is 0.236 e. The van der Waals surface area contributed by atoms with Crippen molar-refractivity contribution < 1.29 is 10.0 Å². The smallest absolute Gasteiger partial charge is 0.236 e. The predicted octanol–water partition coefficient (Wildman–Crippen LogP) is 0.916. The molecule has 1 heterocycles. The minimum absolute atomic E-state index is 0.0637. The van der Waals surface area contributed by atoms with Gasteiger partial charge in [0.05, 0.1) is 0 Å². The van der Waals surface area contributed by atoms with Crippen LogP contribution >= 0.6 is 0 Å². The van der Waals surface area contributed by atoms with Crippen molar-refractivity contribution in [3.8, 4) is 0 Å². The van der Waals surface area contributed by atoms with Gasteiger partial charge < -0.3 is 15.8 Å². The lowest BCUT2D eigenvalue weighted by molar-refractivity contribution is -0.143. The molecule has 1 aliphatic heterocycles. The van der Waals surface area contributed by atoms with Crippen LogP contribution in [0, 0.1) is 5.41 Å². The first kappa shape index (κ1) is 11.2. The summed E-state index contributed by atoms with van der Waals surface area (Å²) in [4.78, 5) is 14.2. The van der Waals surface area contributed by atoms with E-state index in [4.69, 9.17) is 10.9 Å². The van der Waals surface area contributed by atoms with Crippen molar-refractivity contribution >= 4 is 11.7 Å². The lowest BCUT2D eigenvalue weighted by Gasteiger charge is -2.43. The highest BCUT2D eigenvalue weighted by atomic mass is 16.4. The lowest BCUT2D eigenvalue weighted by atomic mass is 9.66. The molecule has 2 fully saturated rings. The van der Waals surface area contributed by atoms with E-state index in [0.717, 1.165) is 45.2 Å². The van der Waals surface area contributed by atoms with Crippen molar-refractivity contribution in [2.24, 2.45) is 16.3 Å². The van der Waals surface area contributed by atoms with Crippen LogP contribution in [0.3, 0.4) is 0 Å². The number of likely N-dealkylation sites (tertiary alicyclic amines) is 1. The summed E-state index contributed by atoms with van der Waals surface area (Å²) in [5.74, 6) is 0.156. The molecule has 1 saturated carbocycles. The van der Waals surface area contributed by atoms with Gasteiger partial charge in [0.2, 0.25) is 5.91 Å². The van der Waals surface area contributed by atoms with Crippen molar-refractivity contribution in [3.05, 3.63) is 0 Å². The quantitative estimate of drug-likeness (QED) is 0.317. The lowest BCUT2D eigenvalue weighted by Crippen LogP contribution is -2.56. The van der Waals surface area contributed by atoms with E-state index in [1.165, 1.54) is 6.42 Å². The molecule has 1 amide bonds. The Morgan fingerprint density at radius 3 is 2.25 bits per heavy atom. The predicted molar refractivity (Wildman–Crippen MR) is 60.1 cm³/mol. The van der Waals surface area contributed by atoms with Crippen LogP contribution in [0.2, 0.25) is 0 Å². The molecule has 1 aliphatic carbocycles. The van der Waals surface area contributed by atoms with E-state index in [1.807, 2.05) is 4.90 Å². The van der Waals surface area contributed by atoms with Gasteiger partial charge in [-0.1, -0.05) is 11.6 Å². The van der Waals surface area contributed by atoms with Gasteiger partial charge in [-0.3, -0.25) is 4.79 Å². The van der Waals surface area contributed by atoms with Crippen molar-refractivity contribution in [2.75, 3.05) is 13.1 Å². The first-order chi connectivity index (χ1) is 7.70. The SMILES string of the molecule is NC(=NO)C1(C(=O)N2CCCCC2)CCC1. The number of amidine groups is 1. The summed E-state index contributed by atoms with van der Waals surface area (Å²) in [6.45, 7) is 1.64. The number of hydrogen-bond acceptors (Lipinski definition) is 3. The molecule has 2 rings (SSSR count). The molecular weight excluding hydrogens is 206 g/mol. The van der Waals surface area contributed by atoms with Crippen LogP contribution in [0.5, 0.6) is 0 Å². The Kier molecular flexibility index (Phi) is 3.03. The molecule has 0 bridgehead atoms. The maximum atomic E-state index is 12.4. The van der Waals surface area contributed by atoms with Crippen LogP contribution in [-0.2, 0) is 4.79 Å². The van der Waals surface area contributed by atoms with Crippen LogP contribution < -0.4 is 5.73 Å². The third-order valence-corrected chi connectivity index (χ3v) is 3.86. The molecule has 16 heavy (non-hydrogen) atoms. The monoisotopic (exact) mass is 225 g/mol. The van der Waals surface area contributed by atoms with E-state index in [-0.39, 0.29) is 11.7 Å². The summed E-state index contributed by atoms with van der Waals surface area (Å²) in [7, 11) is 0. The molecule has 3 N–H and O–H groups in total. The van der Waals surface area contributed by atoms with Gasteiger partial charge >= 0.3 is 0 Å². The van der Waals surface area contributed by atoms with Gasteiger partial charge in [0, 0.05) is 13.1 Å². The largest absolute Gasteiger partial charge is 0.409 e. The summed E-state index contributed by atoms with van der Waals surface area (Å²) in [5.41, 5.74) is 4.98. The van der Waals surface area contributed by atoms with E-state index in [9.17, 15) is 4.79 Å². The zero-order valence-corrected chi connectivity index (χ0v) is 9.48. The highest BCUT2D eigenvalue weighted by Gasteiger charge is 2.50. The Morgan fingerprint density at radius 2 is 1.81 bits per heavy atom. The Labute approximate surface area is 95.3 Å². The summed E-state index contributed by atoms with van der Waals surface area (Å²) < 4.78 is 0. The van der Waals surface area contributed by atoms with Gasteiger partial charge in [0.1, 0.15) is 5.41 Å². The number of amides is 1. The highest BCUT2D eigenvalue weighted by molar-refractivity contribution is 6.07. The molecule has 5 heteroatoms. The van der Waals surface area contributed by atoms with Crippen molar-refractivity contribution in [2.45, 2.75) is 38.5 Å². The maximum absolute atomic E-state index is 12.4. The summed E-state index contributed by atoms with van der Waals surface area (Å²) in [6, 6.07) is 0. The van der Waals surface area contributed by atoms with Gasteiger partial charge in [-0.2, -0.15) is 0 Å². The zero-order chi connectivity index (χ0) is 11.6. The molecule has 2 aliphatic rings. The molecule has 0 aromatic rings. The molecule has 0 atom stereocenters. The average Bonchev–Trinajstić information content (AvgIpc) is 2.28. The Bertz CT molecular complexity index is 304. The Morgan fingerprint density at radius 1 is 1.19 bits per heavy atom. The number of hydrogen-bond donors (Lipinski definition) is 2. The minimum atomic E-state index is -0.688. The topological polar surface area (TPSA) is 78.9 Å². The molecule has 0 aromatic carbocycles. The Balaban J connectivity index is 2.12. The standard InChI is InChI=1S/C11H19N3O2/c12-9(13-16)11(5-4-6-11)10(15)14-7-2-1-3-8-14/h16H,1-8H2,(H2,12,13). The van der Waals surface area contributed by atoms with Crippen LogP contribution in [0.25, 0.3) is 0 Å². The van der Waals surface area contributed by atoms with Crippen molar-refractivity contribution in [1.82, 2.24) is 4.90 Å². The van der Waals surface area contributed by atoms with E-state index >= 15 is 0 Å². The van der Waals surface area contributed by atoms with Gasteiger partial charge in [0.25, 0.3) is 0 Å². The second-order valence-corrected chi connectivity index (χ2v) is 4.77. The molecule has 90 valence electrons. The minimum Gasteiger partial charge on any atom is -0.409 e. The van der Waals surface area contributed by atoms with Crippen molar-refractivity contribution in [1.29, 1.82) is 0 Å². The van der Waals surface area contributed by atoms with Gasteiger partial charge in [-0.05, 0) is 32.1 Å². The number of nitrogens with zero attached hydrogens (tertiary/aromatic N) is 2. The van der Waals surface area contributed by atoms with E-state index in [1.54, 1.807) is 0 Å². The van der Waals surface area contributed by atoms with Crippen LogP contribution in [0.15, 0.2) is 5.16 Å². The average molecular weight is 225 g/mol. The third kappa shape index (κ3) is 1.64. The first-order valence-corrected chi connectivity index (χ1v) is 5.98. The Hall–Kier alpha value is -1.26. The first-order valence-electron chi connectivity index (χ1n) is 5.98. The van der Waals surface area contributed by atoms with E-state index < -0.39 is 5.41 Å². The fraction of sp³-hybridized carbons (Fsp3) is 0.818. The third-order valence-electron chi connectivity index (χ3n) is 3.86. The summed E-state index contributed by atoms with van der Waals surface area (Å²) in [5, 5.41) is 11.8. The summed E-state index contributed by atoms with van der Waals surface area (Å²) >= 11 is 0. The second-order valence-electron chi connectivity index (χ2n) is 4.77.